The summed E-state index contributed by atoms with van der Waals surface area (Å²) in [5.41, 5.74) is 0. The highest BCUT2D eigenvalue weighted by molar-refractivity contribution is 5.70. The van der Waals surface area contributed by atoms with Crippen LogP contribution in [0.15, 0.2) is 0 Å². The third-order valence-electron chi connectivity index (χ3n) is 5.05. The van der Waals surface area contributed by atoms with Crippen LogP contribution in [0.4, 0.5) is 0 Å². The predicted molar refractivity (Wildman–Crippen MR) is 85.4 cm³/mol. The van der Waals surface area contributed by atoms with Crippen LogP contribution in [0.2, 0.25) is 0 Å². The van der Waals surface area contributed by atoms with E-state index in [4.69, 9.17) is 18.9 Å². The Morgan fingerprint density at radius 2 is 1.12 bits per heavy atom. The smallest absolute Gasteiger partial charge is 0.308 e. The molecule has 2 saturated heterocycles. The van der Waals surface area contributed by atoms with E-state index in [2.05, 4.69) is 0 Å². The quantitative estimate of drug-likeness (QED) is 0.692. The topological polar surface area (TPSA) is 71.1 Å². The molecule has 3 aliphatic rings. The SMILES string of the molecule is O=C(C[C@H]1CCCO1)OC1CCC(OC(=O)C[C@H]2CCCO2)CC1. The molecule has 0 amide bonds. The predicted octanol–water partition coefficient (Wildman–Crippen LogP) is 2.52. The van der Waals surface area contributed by atoms with Crippen LogP contribution < -0.4 is 0 Å². The highest BCUT2D eigenvalue weighted by atomic mass is 16.6. The Kier molecular flexibility index (Phi) is 6.49. The van der Waals surface area contributed by atoms with Crippen LogP contribution in [0.5, 0.6) is 0 Å². The Balaban J connectivity index is 1.30. The molecular formula is C18H28O6. The van der Waals surface area contributed by atoms with Crippen LogP contribution in [0.1, 0.15) is 64.2 Å². The van der Waals surface area contributed by atoms with Crippen LogP contribution >= 0.6 is 0 Å². The summed E-state index contributed by atoms with van der Waals surface area (Å²) >= 11 is 0. The molecule has 3 fully saturated rings. The normalized spacial score (nSPS) is 33.3. The highest BCUT2D eigenvalue weighted by Crippen LogP contribution is 2.26. The van der Waals surface area contributed by atoms with E-state index in [1.165, 1.54) is 0 Å². The minimum Gasteiger partial charge on any atom is -0.462 e. The van der Waals surface area contributed by atoms with E-state index in [9.17, 15) is 9.59 Å². The van der Waals surface area contributed by atoms with Gasteiger partial charge in [0.25, 0.3) is 0 Å². The summed E-state index contributed by atoms with van der Waals surface area (Å²) in [5, 5.41) is 0. The zero-order valence-electron chi connectivity index (χ0n) is 14.2. The van der Waals surface area contributed by atoms with Gasteiger partial charge in [0.05, 0.1) is 25.0 Å². The zero-order valence-corrected chi connectivity index (χ0v) is 14.2. The third-order valence-corrected chi connectivity index (χ3v) is 5.05. The zero-order chi connectivity index (χ0) is 16.8. The number of carbonyl (C=O) groups excluding carboxylic acids is 2. The molecule has 0 aromatic carbocycles. The van der Waals surface area contributed by atoms with E-state index in [0.29, 0.717) is 12.8 Å². The fourth-order valence-corrected chi connectivity index (χ4v) is 3.72. The monoisotopic (exact) mass is 340 g/mol. The molecule has 0 unspecified atom stereocenters. The molecule has 1 saturated carbocycles. The summed E-state index contributed by atoms with van der Waals surface area (Å²) in [6.07, 6.45) is 7.67. The summed E-state index contributed by atoms with van der Waals surface area (Å²) in [7, 11) is 0. The minimum atomic E-state index is -0.166. The second-order valence-corrected chi connectivity index (χ2v) is 7.06. The first kappa shape index (κ1) is 17.7. The molecule has 24 heavy (non-hydrogen) atoms. The van der Waals surface area contributed by atoms with Crippen molar-refractivity contribution in [3.05, 3.63) is 0 Å². The number of carbonyl (C=O) groups is 2. The molecule has 3 rings (SSSR count). The van der Waals surface area contributed by atoms with Gasteiger partial charge in [0, 0.05) is 13.2 Å². The summed E-state index contributed by atoms with van der Waals surface area (Å²) in [5.74, 6) is -0.332. The Hall–Kier alpha value is -1.14. The largest absolute Gasteiger partial charge is 0.462 e. The average Bonchev–Trinajstić information content (AvgIpc) is 3.23. The lowest BCUT2D eigenvalue weighted by Gasteiger charge is -2.28. The van der Waals surface area contributed by atoms with Crippen molar-refractivity contribution in [2.45, 2.75) is 88.6 Å². The molecular weight excluding hydrogens is 312 g/mol. The van der Waals surface area contributed by atoms with Crippen molar-refractivity contribution >= 4 is 11.9 Å². The van der Waals surface area contributed by atoms with Crippen molar-refractivity contribution in [2.24, 2.45) is 0 Å². The van der Waals surface area contributed by atoms with Crippen LogP contribution in [0.25, 0.3) is 0 Å². The Bertz CT molecular complexity index is 377. The summed E-state index contributed by atoms with van der Waals surface area (Å²) in [4.78, 5) is 23.8. The van der Waals surface area contributed by atoms with Gasteiger partial charge in [-0.2, -0.15) is 0 Å². The third kappa shape index (κ3) is 5.45. The lowest BCUT2D eigenvalue weighted by molar-refractivity contribution is -0.160. The van der Waals surface area contributed by atoms with Gasteiger partial charge in [-0.25, -0.2) is 0 Å². The van der Waals surface area contributed by atoms with Crippen molar-refractivity contribution < 1.29 is 28.5 Å². The molecule has 136 valence electrons. The summed E-state index contributed by atoms with van der Waals surface area (Å²) < 4.78 is 22.0. The number of hydrogen-bond acceptors (Lipinski definition) is 6. The molecule has 0 aromatic heterocycles. The number of esters is 2. The van der Waals surface area contributed by atoms with E-state index in [1.807, 2.05) is 0 Å². The maximum absolute atomic E-state index is 11.9. The molecule has 0 aromatic rings. The van der Waals surface area contributed by atoms with E-state index in [0.717, 1.165) is 64.6 Å². The van der Waals surface area contributed by atoms with Crippen molar-refractivity contribution in [3.8, 4) is 0 Å². The van der Waals surface area contributed by atoms with Gasteiger partial charge in [-0.1, -0.05) is 0 Å². The molecule has 2 aliphatic heterocycles. The summed E-state index contributed by atoms with van der Waals surface area (Å²) in [6.45, 7) is 1.50. The summed E-state index contributed by atoms with van der Waals surface area (Å²) in [6, 6.07) is 0. The number of hydrogen-bond donors (Lipinski definition) is 0. The van der Waals surface area contributed by atoms with Gasteiger partial charge in [-0.05, 0) is 51.4 Å². The Labute approximate surface area is 143 Å². The molecule has 0 spiro atoms. The van der Waals surface area contributed by atoms with Gasteiger partial charge >= 0.3 is 11.9 Å². The molecule has 6 nitrogen and oxygen atoms in total. The molecule has 2 heterocycles. The van der Waals surface area contributed by atoms with E-state index in [-0.39, 0.29) is 36.4 Å². The fraction of sp³-hybridized carbons (Fsp3) is 0.889. The first-order valence-corrected chi connectivity index (χ1v) is 9.31. The van der Waals surface area contributed by atoms with Gasteiger partial charge in [-0.15, -0.1) is 0 Å². The Morgan fingerprint density at radius 3 is 1.46 bits per heavy atom. The maximum atomic E-state index is 11.9. The van der Waals surface area contributed by atoms with Crippen LogP contribution in [-0.2, 0) is 28.5 Å². The highest BCUT2D eigenvalue weighted by Gasteiger charge is 2.29. The molecule has 6 heteroatoms. The van der Waals surface area contributed by atoms with Gasteiger partial charge in [-0.3, -0.25) is 9.59 Å². The van der Waals surface area contributed by atoms with E-state index >= 15 is 0 Å². The standard InChI is InChI=1S/C18H28O6/c19-17(11-15-3-1-9-21-15)23-13-5-7-14(8-6-13)24-18(20)12-16-4-2-10-22-16/h13-16H,1-12H2/t13?,14?,15-,16-/m1/s1. The fourth-order valence-electron chi connectivity index (χ4n) is 3.72. The number of rotatable bonds is 6. The number of ether oxygens (including phenoxy) is 4. The first-order chi connectivity index (χ1) is 11.7. The first-order valence-electron chi connectivity index (χ1n) is 9.31. The van der Waals surface area contributed by atoms with Crippen LogP contribution in [0, 0.1) is 0 Å². The Morgan fingerprint density at radius 1 is 0.708 bits per heavy atom. The second-order valence-electron chi connectivity index (χ2n) is 7.06. The van der Waals surface area contributed by atoms with Gasteiger partial charge < -0.3 is 18.9 Å². The maximum Gasteiger partial charge on any atom is 0.308 e. The van der Waals surface area contributed by atoms with Gasteiger partial charge in [0.15, 0.2) is 0 Å². The van der Waals surface area contributed by atoms with Crippen molar-refractivity contribution in [1.82, 2.24) is 0 Å². The minimum absolute atomic E-state index is 0.0348. The molecule has 2 atom stereocenters. The van der Waals surface area contributed by atoms with Gasteiger partial charge in [0.2, 0.25) is 0 Å². The van der Waals surface area contributed by atoms with Crippen molar-refractivity contribution in [2.75, 3.05) is 13.2 Å². The molecule has 0 bridgehead atoms. The second kappa shape index (κ2) is 8.81. The lowest BCUT2D eigenvalue weighted by Crippen LogP contribution is -2.31. The van der Waals surface area contributed by atoms with E-state index in [1.54, 1.807) is 0 Å². The van der Waals surface area contributed by atoms with Crippen LogP contribution in [0.3, 0.4) is 0 Å². The molecule has 0 radical (unpaired) electrons. The molecule has 1 aliphatic carbocycles. The lowest BCUT2D eigenvalue weighted by atomic mass is 9.95. The average molecular weight is 340 g/mol. The molecule has 0 N–H and O–H groups in total. The van der Waals surface area contributed by atoms with Crippen LogP contribution in [-0.4, -0.2) is 49.6 Å². The van der Waals surface area contributed by atoms with E-state index < -0.39 is 0 Å². The van der Waals surface area contributed by atoms with Gasteiger partial charge in [0.1, 0.15) is 12.2 Å². The van der Waals surface area contributed by atoms with Crippen molar-refractivity contribution in [1.29, 1.82) is 0 Å². The van der Waals surface area contributed by atoms with Crippen molar-refractivity contribution in [3.63, 3.8) is 0 Å².